The molecule has 0 unspecified atom stereocenters. The average molecular weight is 181 g/mol. The molecule has 3 heteroatoms. The van der Waals surface area contributed by atoms with Gasteiger partial charge in [0, 0.05) is 31.4 Å². The molecule has 0 atom stereocenters. The van der Waals surface area contributed by atoms with E-state index in [-0.39, 0.29) is 5.54 Å². The van der Waals surface area contributed by atoms with Crippen molar-refractivity contribution >= 4 is 0 Å². The number of aromatic nitrogens is 2. The van der Waals surface area contributed by atoms with Gasteiger partial charge in [0.05, 0.1) is 0 Å². The summed E-state index contributed by atoms with van der Waals surface area (Å²) < 4.78 is 2.03. The Kier molecular flexibility index (Phi) is 3.09. The van der Waals surface area contributed by atoms with Gasteiger partial charge in [0.25, 0.3) is 0 Å². The summed E-state index contributed by atoms with van der Waals surface area (Å²) in [6, 6.07) is 0. The molecule has 0 bridgehead atoms. The van der Waals surface area contributed by atoms with Crippen molar-refractivity contribution in [2.45, 2.75) is 38.6 Å². The molecule has 1 aromatic rings. The molecular formula is C10H19N3. The van der Waals surface area contributed by atoms with Crippen LogP contribution in [0.1, 0.15) is 32.5 Å². The molecule has 0 amide bonds. The van der Waals surface area contributed by atoms with Crippen molar-refractivity contribution in [3.8, 4) is 0 Å². The van der Waals surface area contributed by atoms with E-state index in [1.54, 1.807) is 0 Å². The first kappa shape index (κ1) is 10.3. The first-order valence-electron chi connectivity index (χ1n) is 4.86. The first-order chi connectivity index (χ1) is 6.11. The maximum Gasteiger partial charge on any atom is 0.110 e. The highest BCUT2D eigenvalue weighted by Crippen LogP contribution is 2.16. The normalized spacial score (nSPS) is 12.0. The molecule has 1 rings (SSSR count). The number of nitrogens with two attached hydrogens (primary N) is 1. The predicted molar refractivity (Wildman–Crippen MR) is 54.4 cm³/mol. The lowest BCUT2D eigenvalue weighted by molar-refractivity contribution is 0.381. The Labute approximate surface area is 80.0 Å². The van der Waals surface area contributed by atoms with Gasteiger partial charge < -0.3 is 10.3 Å². The van der Waals surface area contributed by atoms with E-state index in [0.717, 1.165) is 25.1 Å². The summed E-state index contributed by atoms with van der Waals surface area (Å²) in [6.45, 7) is 4.26. The molecule has 0 aliphatic carbocycles. The molecular weight excluding hydrogens is 162 g/mol. The van der Waals surface area contributed by atoms with E-state index < -0.39 is 0 Å². The zero-order chi connectivity index (χ0) is 9.90. The monoisotopic (exact) mass is 181 g/mol. The summed E-state index contributed by atoms with van der Waals surface area (Å²) >= 11 is 0. The Bertz CT molecular complexity index is 261. The van der Waals surface area contributed by atoms with Gasteiger partial charge >= 0.3 is 0 Å². The van der Waals surface area contributed by atoms with Gasteiger partial charge in [0.2, 0.25) is 0 Å². The maximum absolute atomic E-state index is 6.20. The molecule has 0 saturated carbocycles. The van der Waals surface area contributed by atoms with Crippen LogP contribution in [0.3, 0.4) is 0 Å². The smallest absolute Gasteiger partial charge is 0.110 e. The Balaban J connectivity index is 2.73. The Morgan fingerprint density at radius 1 is 1.46 bits per heavy atom. The lowest BCUT2D eigenvalue weighted by Crippen LogP contribution is -2.41. The van der Waals surface area contributed by atoms with Gasteiger partial charge in [-0.2, -0.15) is 0 Å². The Morgan fingerprint density at radius 3 is 2.46 bits per heavy atom. The second-order valence-electron chi connectivity index (χ2n) is 3.70. The number of nitrogens with zero attached hydrogens (tertiary/aromatic N) is 2. The van der Waals surface area contributed by atoms with E-state index >= 15 is 0 Å². The van der Waals surface area contributed by atoms with Crippen molar-refractivity contribution in [1.82, 2.24) is 9.55 Å². The lowest BCUT2D eigenvalue weighted by Gasteiger charge is -2.26. The van der Waals surface area contributed by atoms with Crippen LogP contribution in [0.4, 0.5) is 0 Å². The van der Waals surface area contributed by atoms with Gasteiger partial charge in [0.1, 0.15) is 5.82 Å². The highest BCUT2D eigenvalue weighted by atomic mass is 15.0. The molecule has 0 aliphatic rings. The van der Waals surface area contributed by atoms with Gasteiger partial charge in [-0.15, -0.1) is 0 Å². The van der Waals surface area contributed by atoms with Crippen molar-refractivity contribution in [3.63, 3.8) is 0 Å². The summed E-state index contributed by atoms with van der Waals surface area (Å²) in [5, 5.41) is 0. The van der Waals surface area contributed by atoms with Crippen molar-refractivity contribution in [1.29, 1.82) is 0 Å². The summed E-state index contributed by atoms with van der Waals surface area (Å²) in [4.78, 5) is 4.28. The Hall–Kier alpha value is -0.830. The van der Waals surface area contributed by atoms with Gasteiger partial charge in [-0.05, 0) is 12.8 Å². The molecule has 1 aromatic heterocycles. The SMILES string of the molecule is CCC(N)(CC)Cc1nccn1C. The Morgan fingerprint density at radius 2 is 2.08 bits per heavy atom. The van der Waals surface area contributed by atoms with Gasteiger partial charge in [-0.1, -0.05) is 13.8 Å². The number of hydrogen-bond acceptors (Lipinski definition) is 2. The quantitative estimate of drug-likeness (QED) is 0.764. The third-order valence-corrected chi connectivity index (χ3v) is 2.84. The first-order valence-corrected chi connectivity index (χ1v) is 4.86. The minimum Gasteiger partial charge on any atom is -0.338 e. The van der Waals surface area contributed by atoms with Gasteiger partial charge in [-0.25, -0.2) is 4.98 Å². The molecule has 13 heavy (non-hydrogen) atoms. The van der Waals surface area contributed by atoms with Crippen molar-refractivity contribution < 1.29 is 0 Å². The number of imidazole rings is 1. The summed E-state index contributed by atoms with van der Waals surface area (Å²) in [7, 11) is 2.01. The van der Waals surface area contributed by atoms with Crippen molar-refractivity contribution in [2.24, 2.45) is 12.8 Å². The van der Waals surface area contributed by atoms with Crippen LogP contribution >= 0.6 is 0 Å². The van der Waals surface area contributed by atoms with Crippen LogP contribution in [-0.2, 0) is 13.5 Å². The van der Waals surface area contributed by atoms with Crippen LogP contribution in [-0.4, -0.2) is 15.1 Å². The van der Waals surface area contributed by atoms with E-state index in [4.69, 9.17) is 5.73 Å². The fourth-order valence-corrected chi connectivity index (χ4v) is 1.38. The molecule has 0 aliphatic heterocycles. The van der Waals surface area contributed by atoms with Crippen LogP contribution in [0, 0.1) is 0 Å². The van der Waals surface area contributed by atoms with E-state index in [2.05, 4.69) is 18.8 Å². The largest absolute Gasteiger partial charge is 0.338 e. The average Bonchev–Trinajstić information content (AvgIpc) is 2.52. The molecule has 2 N–H and O–H groups in total. The third-order valence-electron chi connectivity index (χ3n) is 2.84. The zero-order valence-corrected chi connectivity index (χ0v) is 8.75. The third kappa shape index (κ3) is 2.31. The minimum absolute atomic E-state index is 0.0842. The van der Waals surface area contributed by atoms with Gasteiger partial charge in [-0.3, -0.25) is 0 Å². The highest BCUT2D eigenvalue weighted by Gasteiger charge is 2.22. The molecule has 0 fully saturated rings. The fraction of sp³-hybridized carbons (Fsp3) is 0.700. The van der Waals surface area contributed by atoms with Crippen LogP contribution < -0.4 is 5.73 Å². The second kappa shape index (κ2) is 3.92. The summed E-state index contributed by atoms with van der Waals surface area (Å²) in [6.07, 6.45) is 6.64. The van der Waals surface area contributed by atoms with Gasteiger partial charge in [0.15, 0.2) is 0 Å². The standard InChI is InChI=1S/C10H19N3/c1-4-10(11,5-2)8-9-12-6-7-13(9)3/h6-7H,4-5,8,11H2,1-3H3. The molecule has 1 heterocycles. The van der Waals surface area contributed by atoms with Crippen molar-refractivity contribution in [2.75, 3.05) is 0 Å². The highest BCUT2D eigenvalue weighted by molar-refractivity contribution is 4.99. The fourth-order valence-electron chi connectivity index (χ4n) is 1.38. The van der Waals surface area contributed by atoms with E-state index in [1.165, 1.54) is 0 Å². The molecule has 3 nitrogen and oxygen atoms in total. The number of aryl methyl sites for hydroxylation is 1. The molecule has 0 radical (unpaired) electrons. The molecule has 0 saturated heterocycles. The van der Waals surface area contributed by atoms with Crippen molar-refractivity contribution in [3.05, 3.63) is 18.2 Å². The zero-order valence-electron chi connectivity index (χ0n) is 8.75. The van der Waals surface area contributed by atoms with E-state index in [9.17, 15) is 0 Å². The second-order valence-corrected chi connectivity index (χ2v) is 3.70. The minimum atomic E-state index is -0.0842. The predicted octanol–water partition coefficient (Wildman–Crippen LogP) is 1.48. The van der Waals surface area contributed by atoms with Crippen LogP contribution in [0.15, 0.2) is 12.4 Å². The summed E-state index contributed by atoms with van der Waals surface area (Å²) in [5.41, 5.74) is 6.12. The molecule has 0 aromatic carbocycles. The molecule has 74 valence electrons. The number of rotatable bonds is 4. The maximum atomic E-state index is 6.20. The van der Waals surface area contributed by atoms with E-state index in [0.29, 0.717) is 0 Å². The summed E-state index contributed by atoms with van der Waals surface area (Å²) in [5.74, 6) is 1.08. The van der Waals surface area contributed by atoms with Crippen LogP contribution in [0.2, 0.25) is 0 Å². The topological polar surface area (TPSA) is 43.8 Å². The lowest BCUT2D eigenvalue weighted by atomic mass is 9.90. The van der Waals surface area contributed by atoms with Crippen LogP contribution in [0.25, 0.3) is 0 Å². The molecule has 0 spiro atoms. The number of hydrogen-bond donors (Lipinski definition) is 1. The van der Waals surface area contributed by atoms with Crippen LogP contribution in [0.5, 0.6) is 0 Å². The van der Waals surface area contributed by atoms with E-state index in [1.807, 2.05) is 24.0 Å².